The number of hydrogen-bond donors (Lipinski definition) is 1. The van der Waals surface area contributed by atoms with Gasteiger partial charge >= 0.3 is 0 Å². The largest absolute Gasteiger partial charge is 0.495 e. The van der Waals surface area contributed by atoms with Crippen LogP contribution in [0.2, 0.25) is 0 Å². The SMILES string of the molecule is COc1ccccc1N1CC[NH+]([C@H](C)C(=O)N(C)Cc2cccc(F)c2)CC1. The van der Waals surface area contributed by atoms with Gasteiger partial charge in [-0.05, 0) is 36.8 Å². The summed E-state index contributed by atoms with van der Waals surface area (Å²) in [7, 11) is 3.48. The zero-order chi connectivity index (χ0) is 20.1. The summed E-state index contributed by atoms with van der Waals surface area (Å²) in [6.45, 7) is 5.93. The van der Waals surface area contributed by atoms with E-state index in [9.17, 15) is 9.18 Å². The van der Waals surface area contributed by atoms with Crippen LogP contribution in [0.5, 0.6) is 5.75 Å². The van der Waals surface area contributed by atoms with E-state index in [0.29, 0.717) is 6.54 Å². The third-order valence-corrected chi connectivity index (χ3v) is 5.50. The van der Waals surface area contributed by atoms with E-state index in [0.717, 1.165) is 43.2 Å². The highest BCUT2D eigenvalue weighted by atomic mass is 19.1. The number of ether oxygens (including phenoxy) is 1. The number of nitrogens with zero attached hydrogens (tertiary/aromatic N) is 2. The van der Waals surface area contributed by atoms with Crippen molar-refractivity contribution in [1.82, 2.24) is 4.90 Å². The van der Waals surface area contributed by atoms with Crippen LogP contribution in [-0.4, -0.2) is 57.2 Å². The maximum atomic E-state index is 13.4. The van der Waals surface area contributed by atoms with E-state index in [1.165, 1.54) is 17.0 Å². The Balaban J connectivity index is 1.56. The summed E-state index contributed by atoms with van der Waals surface area (Å²) < 4.78 is 18.8. The van der Waals surface area contributed by atoms with E-state index < -0.39 is 0 Å². The average molecular weight is 386 g/mol. The number of halogens is 1. The van der Waals surface area contributed by atoms with Crippen molar-refractivity contribution in [2.75, 3.05) is 45.2 Å². The molecular weight excluding hydrogens is 357 g/mol. The van der Waals surface area contributed by atoms with Gasteiger partial charge in [-0.25, -0.2) is 4.39 Å². The third-order valence-electron chi connectivity index (χ3n) is 5.50. The van der Waals surface area contributed by atoms with Crippen molar-refractivity contribution in [3.63, 3.8) is 0 Å². The fraction of sp³-hybridized carbons (Fsp3) is 0.409. The number of nitrogens with one attached hydrogen (secondary N) is 1. The molecule has 1 atom stereocenters. The van der Waals surface area contributed by atoms with E-state index in [4.69, 9.17) is 4.74 Å². The summed E-state index contributed by atoms with van der Waals surface area (Å²) in [4.78, 5) is 18.2. The van der Waals surface area contributed by atoms with Gasteiger partial charge in [0.2, 0.25) is 0 Å². The summed E-state index contributed by atoms with van der Waals surface area (Å²) in [5.41, 5.74) is 1.91. The first-order valence-corrected chi connectivity index (χ1v) is 9.71. The van der Waals surface area contributed by atoms with Crippen LogP contribution in [0.4, 0.5) is 10.1 Å². The highest BCUT2D eigenvalue weighted by Gasteiger charge is 2.31. The van der Waals surface area contributed by atoms with Crippen molar-refractivity contribution in [3.8, 4) is 5.75 Å². The number of carbonyl (C=O) groups excluding carboxylic acids is 1. The number of amides is 1. The second-order valence-corrected chi connectivity index (χ2v) is 7.36. The molecule has 3 rings (SSSR count). The van der Waals surface area contributed by atoms with Crippen molar-refractivity contribution in [3.05, 3.63) is 59.9 Å². The predicted octanol–water partition coefficient (Wildman–Crippen LogP) is 1.59. The van der Waals surface area contributed by atoms with Gasteiger partial charge in [-0.1, -0.05) is 24.3 Å². The molecule has 0 aromatic heterocycles. The second kappa shape index (κ2) is 9.06. The van der Waals surface area contributed by atoms with Gasteiger partial charge in [-0.2, -0.15) is 0 Å². The Morgan fingerprint density at radius 1 is 1.21 bits per heavy atom. The first kappa shape index (κ1) is 20.1. The highest BCUT2D eigenvalue weighted by molar-refractivity contribution is 5.79. The second-order valence-electron chi connectivity index (χ2n) is 7.36. The van der Waals surface area contributed by atoms with Crippen LogP contribution >= 0.6 is 0 Å². The number of hydrogen-bond acceptors (Lipinski definition) is 3. The monoisotopic (exact) mass is 386 g/mol. The zero-order valence-electron chi connectivity index (χ0n) is 16.8. The van der Waals surface area contributed by atoms with Gasteiger partial charge in [0.25, 0.3) is 5.91 Å². The molecule has 5 nitrogen and oxygen atoms in total. The molecule has 1 aliphatic rings. The smallest absolute Gasteiger partial charge is 0.280 e. The Hall–Kier alpha value is -2.60. The molecule has 28 heavy (non-hydrogen) atoms. The van der Waals surface area contributed by atoms with Crippen LogP contribution < -0.4 is 14.5 Å². The van der Waals surface area contributed by atoms with Crippen molar-refractivity contribution in [1.29, 1.82) is 0 Å². The van der Waals surface area contributed by atoms with Crippen molar-refractivity contribution in [2.24, 2.45) is 0 Å². The normalized spacial score (nSPS) is 15.9. The van der Waals surface area contributed by atoms with E-state index in [1.807, 2.05) is 31.2 Å². The first-order chi connectivity index (χ1) is 13.5. The van der Waals surface area contributed by atoms with Crippen LogP contribution in [0, 0.1) is 5.82 Å². The molecular formula is C22H29FN3O2+. The van der Waals surface area contributed by atoms with Crippen LogP contribution in [0.25, 0.3) is 0 Å². The topological polar surface area (TPSA) is 37.2 Å². The Morgan fingerprint density at radius 3 is 2.61 bits per heavy atom. The number of para-hydroxylation sites is 2. The molecule has 0 radical (unpaired) electrons. The molecule has 6 heteroatoms. The lowest BCUT2D eigenvalue weighted by molar-refractivity contribution is -0.915. The number of likely N-dealkylation sites (N-methyl/N-ethyl adjacent to an activating group) is 1. The van der Waals surface area contributed by atoms with Crippen molar-refractivity contribution >= 4 is 11.6 Å². The lowest BCUT2D eigenvalue weighted by Crippen LogP contribution is -3.19. The fourth-order valence-electron chi connectivity index (χ4n) is 3.85. The Kier molecular flexibility index (Phi) is 6.52. The lowest BCUT2D eigenvalue weighted by atomic mass is 10.1. The Bertz CT molecular complexity index is 806. The number of methoxy groups -OCH3 is 1. The Labute approximate surface area is 166 Å². The highest BCUT2D eigenvalue weighted by Crippen LogP contribution is 2.27. The van der Waals surface area contributed by atoms with Crippen LogP contribution in [0.15, 0.2) is 48.5 Å². The minimum Gasteiger partial charge on any atom is -0.495 e. The Morgan fingerprint density at radius 2 is 1.93 bits per heavy atom. The fourth-order valence-corrected chi connectivity index (χ4v) is 3.85. The van der Waals surface area contributed by atoms with Gasteiger partial charge in [-0.3, -0.25) is 4.79 Å². The van der Waals surface area contributed by atoms with Gasteiger partial charge in [0, 0.05) is 13.6 Å². The summed E-state index contributed by atoms with van der Waals surface area (Å²) in [6.07, 6.45) is 0. The van der Waals surface area contributed by atoms with E-state index in [1.54, 1.807) is 25.1 Å². The molecule has 1 N–H and O–H groups in total. The number of piperazine rings is 1. The quantitative estimate of drug-likeness (QED) is 0.819. The molecule has 0 unspecified atom stereocenters. The molecule has 1 heterocycles. The van der Waals surface area contributed by atoms with Crippen molar-refractivity contribution < 1.29 is 18.8 Å². The zero-order valence-corrected chi connectivity index (χ0v) is 16.8. The molecule has 0 spiro atoms. The number of quaternary nitrogens is 1. The number of anilines is 1. The van der Waals surface area contributed by atoms with E-state index in [-0.39, 0.29) is 17.8 Å². The van der Waals surface area contributed by atoms with Gasteiger partial charge in [0.1, 0.15) is 11.6 Å². The average Bonchev–Trinajstić information content (AvgIpc) is 2.72. The van der Waals surface area contributed by atoms with Crippen molar-refractivity contribution in [2.45, 2.75) is 19.5 Å². The van der Waals surface area contributed by atoms with Crippen LogP contribution in [0.1, 0.15) is 12.5 Å². The number of rotatable bonds is 6. The minimum atomic E-state index is -0.274. The first-order valence-electron chi connectivity index (χ1n) is 9.71. The molecule has 1 aliphatic heterocycles. The van der Waals surface area contributed by atoms with Gasteiger partial charge in [0.05, 0.1) is 39.0 Å². The van der Waals surface area contributed by atoms with Gasteiger partial charge in [0.15, 0.2) is 6.04 Å². The number of carbonyl (C=O) groups is 1. The molecule has 2 aromatic rings. The standard InChI is InChI=1S/C22H28FN3O2/c1-17(22(27)24(2)16-18-7-6-8-19(23)15-18)25-11-13-26(14-12-25)20-9-4-5-10-21(20)28-3/h4-10,15,17H,11-14,16H2,1-3H3/p+1/t17-/m1/s1. The summed E-state index contributed by atoms with van der Waals surface area (Å²) in [6, 6.07) is 14.3. The van der Waals surface area contributed by atoms with Gasteiger partial charge in [-0.15, -0.1) is 0 Å². The molecule has 0 saturated carbocycles. The molecule has 150 valence electrons. The van der Waals surface area contributed by atoms with Crippen LogP contribution in [0.3, 0.4) is 0 Å². The molecule has 1 fully saturated rings. The minimum absolute atomic E-state index is 0.0880. The summed E-state index contributed by atoms with van der Waals surface area (Å²) in [5, 5.41) is 0. The maximum absolute atomic E-state index is 13.4. The molecule has 0 aliphatic carbocycles. The third kappa shape index (κ3) is 4.62. The molecule has 1 saturated heterocycles. The van der Waals surface area contributed by atoms with Gasteiger partial charge < -0.3 is 19.4 Å². The van der Waals surface area contributed by atoms with Crippen LogP contribution in [-0.2, 0) is 11.3 Å². The van der Waals surface area contributed by atoms with E-state index in [2.05, 4.69) is 11.0 Å². The predicted molar refractivity (Wildman–Crippen MR) is 108 cm³/mol. The summed E-state index contributed by atoms with van der Waals surface area (Å²) >= 11 is 0. The molecule has 1 amide bonds. The summed E-state index contributed by atoms with van der Waals surface area (Å²) in [5.74, 6) is 0.694. The molecule has 0 bridgehead atoms. The number of benzene rings is 2. The maximum Gasteiger partial charge on any atom is 0.280 e. The van der Waals surface area contributed by atoms with E-state index >= 15 is 0 Å². The molecule has 2 aromatic carbocycles. The lowest BCUT2D eigenvalue weighted by Gasteiger charge is -2.37.